The molecule has 0 spiro atoms. The van der Waals surface area contributed by atoms with Crippen molar-refractivity contribution in [2.45, 2.75) is 31.6 Å². The molecule has 27 heavy (non-hydrogen) atoms. The van der Waals surface area contributed by atoms with Crippen molar-refractivity contribution in [3.8, 4) is 5.88 Å². The Morgan fingerprint density at radius 2 is 2.04 bits per heavy atom. The predicted molar refractivity (Wildman–Crippen MR) is 109 cm³/mol. The van der Waals surface area contributed by atoms with Gasteiger partial charge in [0, 0.05) is 24.1 Å². The van der Waals surface area contributed by atoms with Crippen LogP contribution in [0.1, 0.15) is 35.9 Å². The first-order valence-electron chi connectivity index (χ1n) is 9.41. The van der Waals surface area contributed by atoms with Gasteiger partial charge >= 0.3 is 0 Å². The standard InChI is InChI=1S/C20H26N4O2S/c1-3-27-17-9-5-4-8-16(17)20(25)21-10-13-26-19-14-18(22-15(2)23-19)24-11-6-7-12-24/h4-5,8-9,14H,3,6-7,10-13H2,1-2H3,(H,21,25). The Balaban J connectivity index is 1.52. The molecule has 1 aromatic carbocycles. The minimum absolute atomic E-state index is 0.0771. The SMILES string of the molecule is CCSc1ccccc1C(=O)NCCOc1cc(N2CCCC2)nc(C)n1. The van der Waals surface area contributed by atoms with Crippen LogP contribution in [0.25, 0.3) is 0 Å². The van der Waals surface area contributed by atoms with Gasteiger partial charge in [-0.2, -0.15) is 4.98 Å². The quantitative estimate of drug-likeness (QED) is 0.555. The average Bonchev–Trinajstić information content (AvgIpc) is 3.20. The molecular formula is C20H26N4O2S. The number of hydrogen-bond donors (Lipinski definition) is 1. The number of benzene rings is 1. The first-order valence-corrected chi connectivity index (χ1v) is 10.4. The molecule has 144 valence electrons. The monoisotopic (exact) mass is 386 g/mol. The highest BCUT2D eigenvalue weighted by atomic mass is 32.2. The molecule has 0 unspecified atom stereocenters. The number of carbonyl (C=O) groups is 1. The molecule has 1 aliphatic heterocycles. The normalized spacial score (nSPS) is 13.6. The lowest BCUT2D eigenvalue weighted by Gasteiger charge is -2.17. The largest absolute Gasteiger partial charge is 0.476 e. The fourth-order valence-corrected chi connectivity index (χ4v) is 3.86. The Bertz CT molecular complexity index is 778. The molecule has 0 atom stereocenters. The lowest BCUT2D eigenvalue weighted by Crippen LogP contribution is -2.28. The topological polar surface area (TPSA) is 67.3 Å². The van der Waals surface area contributed by atoms with Crippen LogP contribution in [0.15, 0.2) is 35.2 Å². The van der Waals surface area contributed by atoms with Crippen LogP contribution in [0.4, 0.5) is 5.82 Å². The molecule has 1 aromatic heterocycles. The molecule has 2 aromatic rings. The lowest BCUT2D eigenvalue weighted by atomic mass is 10.2. The molecule has 0 saturated carbocycles. The summed E-state index contributed by atoms with van der Waals surface area (Å²) in [6, 6.07) is 9.54. The zero-order valence-electron chi connectivity index (χ0n) is 15.9. The number of amides is 1. The summed E-state index contributed by atoms with van der Waals surface area (Å²) in [5.74, 6) is 3.03. The van der Waals surface area contributed by atoms with Gasteiger partial charge in [-0.05, 0) is 37.7 Å². The Hall–Kier alpha value is -2.28. The first-order chi connectivity index (χ1) is 13.2. The molecule has 0 aliphatic carbocycles. The molecule has 3 rings (SSSR count). The molecule has 6 nitrogen and oxygen atoms in total. The molecule has 2 heterocycles. The minimum atomic E-state index is -0.0771. The number of nitrogens with zero attached hydrogens (tertiary/aromatic N) is 3. The van der Waals surface area contributed by atoms with Crippen molar-refractivity contribution < 1.29 is 9.53 Å². The molecule has 0 radical (unpaired) electrons. The van der Waals surface area contributed by atoms with Crippen molar-refractivity contribution in [2.24, 2.45) is 0 Å². The van der Waals surface area contributed by atoms with E-state index in [1.54, 1.807) is 11.8 Å². The number of hydrogen-bond acceptors (Lipinski definition) is 6. The fraction of sp³-hybridized carbons (Fsp3) is 0.450. The van der Waals surface area contributed by atoms with Gasteiger partial charge in [0.15, 0.2) is 0 Å². The third kappa shape index (κ3) is 5.35. The molecule has 1 amide bonds. The van der Waals surface area contributed by atoms with Crippen molar-refractivity contribution in [1.82, 2.24) is 15.3 Å². The molecule has 7 heteroatoms. The van der Waals surface area contributed by atoms with Gasteiger partial charge in [-0.1, -0.05) is 19.1 Å². The number of aryl methyl sites for hydroxylation is 1. The van der Waals surface area contributed by atoms with Crippen LogP contribution in [0.2, 0.25) is 0 Å². The van der Waals surface area contributed by atoms with Gasteiger partial charge in [-0.25, -0.2) is 4.98 Å². The molecular weight excluding hydrogens is 360 g/mol. The second-order valence-electron chi connectivity index (χ2n) is 6.34. The number of aromatic nitrogens is 2. The van der Waals surface area contributed by atoms with E-state index in [1.807, 2.05) is 37.3 Å². The highest BCUT2D eigenvalue weighted by Crippen LogP contribution is 2.23. The Labute approximate surface area is 164 Å². The lowest BCUT2D eigenvalue weighted by molar-refractivity contribution is 0.0943. The maximum absolute atomic E-state index is 12.4. The number of carbonyl (C=O) groups excluding carboxylic acids is 1. The summed E-state index contributed by atoms with van der Waals surface area (Å²) in [6.07, 6.45) is 2.39. The summed E-state index contributed by atoms with van der Waals surface area (Å²) in [5.41, 5.74) is 0.707. The second-order valence-corrected chi connectivity index (χ2v) is 7.65. The zero-order valence-corrected chi connectivity index (χ0v) is 16.7. The van der Waals surface area contributed by atoms with Crippen LogP contribution < -0.4 is 15.0 Å². The Morgan fingerprint density at radius 1 is 1.26 bits per heavy atom. The number of thioether (sulfide) groups is 1. The van der Waals surface area contributed by atoms with Gasteiger partial charge in [0.2, 0.25) is 5.88 Å². The van der Waals surface area contributed by atoms with Crippen LogP contribution in [-0.4, -0.2) is 47.9 Å². The van der Waals surface area contributed by atoms with Crippen LogP contribution in [-0.2, 0) is 0 Å². The Morgan fingerprint density at radius 3 is 2.81 bits per heavy atom. The van der Waals surface area contributed by atoms with Crippen LogP contribution in [0.3, 0.4) is 0 Å². The summed E-state index contributed by atoms with van der Waals surface area (Å²) in [6.45, 7) is 6.79. The highest BCUT2D eigenvalue weighted by molar-refractivity contribution is 7.99. The van der Waals surface area contributed by atoms with Crippen molar-refractivity contribution in [2.75, 3.05) is 36.9 Å². The number of ether oxygens (including phenoxy) is 1. The Kier molecular flexibility index (Phi) is 6.92. The molecule has 1 saturated heterocycles. The van der Waals surface area contributed by atoms with Crippen molar-refractivity contribution in [3.05, 3.63) is 41.7 Å². The summed E-state index contributed by atoms with van der Waals surface area (Å²) < 4.78 is 5.75. The third-order valence-electron chi connectivity index (χ3n) is 4.30. The van der Waals surface area contributed by atoms with E-state index >= 15 is 0 Å². The molecule has 0 bridgehead atoms. The molecule has 1 fully saturated rings. The van der Waals surface area contributed by atoms with E-state index in [2.05, 4.69) is 27.1 Å². The van der Waals surface area contributed by atoms with E-state index in [0.717, 1.165) is 29.6 Å². The maximum atomic E-state index is 12.4. The van der Waals surface area contributed by atoms with Gasteiger partial charge in [-0.15, -0.1) is 11.8 Å². The van der Waals surface area contributed by atoms with E-state index in [-0.39, 0.29) is 5.91 Å². The van der Waals surface area contributed by atoms with E-state index in [1.165, 1.54) is 12.8 Å². The molecule has 1 N–H and O–H groups in total. The van der Waals surface area contributed by atoms with Crippen molar-refractivity contribution in [1.29, 1.82) is 0 Å². The summed E-state index contributed by atoms with van der Waals surface area (Å²) in [7, 11) is 0. The summed E-state index contributed by atoms with van der Waals surface area (Å²) in [5, 5.41) is 2.92. The van der Waals surface area contributed by atoms with E-state index in [9.17, 15) is 4.79 Å². The van der Waals surface area contributed by atoms with Gasteiger partial charge in [0.05, 0.1) is 12.1 Å². The van der Waals surface area contributed by atoms with Crippen LogP contribution in [0, 0.1) is 6.92 Å². The number of nitrogens with one attached hydrogen (secondary N) is 1. The zero-order chi connectivity index (χ0) is 19.1. The minimum Gasteiger partial charge on any atom is -0.476 e. The van der Waals surface area contributed by atoms with Crippen LogP contribution in [0.5, 0.6) is 5.88 Å². The van der Waals surface area contributed by atoms with Gasteiger partial charge < -0.3 is 15.0 Å². The number of rotatable bonds is 8. The highest BCUT2D eigenvalue weighted by Gasteiger charge is 2.15. The van der Waals surface area contributed by atoms with Crippen molar-refractivity contribution >= 4 is 23.5 Å². The maximum Gasteiger partial charge on any atom is 0.252 e. The third-order valence-corrected chi connectivity index (χ3v) is 5.26. The van der Waals surface area contributed by atoms with E-state index in [0.29, 0.717) is 30.4 Å². The van der Waals surface area contributed by atoms with Crippen molar-refractivity contribution in [3.63, 3.8) is 0 Å². The summed E-state index contributed by atoms with van der Waals surface area (Å²) >= 11 is 1.67. The smallest absolute Gasteiger partial charge is 0.252 e. The second kappa shape index (κ2) is 9.60. The molecule has 1 aliphatic rings. The number of anilines is 1. The predicted octanol–water partition coefficient (Wildman–Crippen LogP) is 3.31. The van der Waals surface area contributed by atoms with Gasteiger partial charge in [0.1, 0.15) is 18.2 Å². The fourth-order valence-electron chi connectivity index (χ4n) is 3.06. The van der Waals surface area contributed by atoms with E-state index < -0.39 is 0 Å². The summed E-state index contributed by atoms with van der Waals surface area (Å²) in [4.78, 5) is 24.5. The first kappa shape index (κ1) is 19.5. The van der Waals surface area contributed by atoms with E-state index in [4.69, 9.17) is 4.74 Å². The van der Waals surface area contributed by atoms with Crippen LogP contribution >= 0.6 is 11.8 Å². The van der Waals surface area contributed by atoms with Gasteiger partial charge in [0.25, 0.3) is 5.91 Å². The average molecular weight is 387 g/mol. The van der Waals surface area contributed by atoms with Gasteiger partial charge in [-0.3, -0.25) is 4.79 Å².